The first-order chi connectivity index (χ1) is 14.2. The van der Waals surface area contributed by atoms with Gasteiger partial charge in [-0.2, -0.15) is 4.31 Å². The van der Waals surface area contributed by atoms with Gasteiger partial charge in [0.2, 0.25) is 21.8 Å². The molecular formula is C21H34N4O4S. The summed E-state index contributed by atoms with van der Waals surface area (Å²) in [6, 6.07) is 6.27. The molecular weight excluding hydrogens is 404 g/mol. The molecule has 2 rings (SSSR count). The number of rotatable bonds is 10. The lowest BCUT2D eigenvalue weighted by atomic mass is 9.96. The van der Waals surface area contributed by atoms with E-state index in [1.807, 2.05) is 6.92 Å². The zero-order chi connectivity index (χ0) is 22.1. The van der Waals surface area contributed by atoms with Crippen molar-refractivity contribution >= 4 is 27.5 Å². The van der Waals surface area contributed by atoms with Gasteiger partial charge in [-0.3, -0.25) is 14.5 Å². The van der Waals surface area contributed by atoms with Crippen LogP contribution in [-0.2, 0) is 19.6 Å². The molecule has 2 amide bonds. The van der Waals surface area contributed by atoms with E-state index in [0.29, 0.717) is 12.2 Å². The van der Waals surface area contributed by atoms with Crippen molar-refractivity contribution in [2.75, 3.05) is 39.0 Å². The summed E-state index contributed by atoms with van der Waals surface area (Å²) in [5.41, 5.74) is 0.517. The van der Waals surface area contributed by atoms with Crippen LogP contribution in [0.25, 0.3) is 0 Å². The number of likely N-dealkylation sites (N-methyl/N-ethyl adjacent to an activating group) is 1. The molecule has 0 saturated heterocycles. The maximum absolute atomic E-state index is 12.9. The first-order valence-corrected chi connectivity index (χ1v) is 12.0. The average Bonchev–Trinajstić information content (AvgIpc) is 2.72. The minimum atomic E-state index is -3.56. The Hall–Kier alpha value is -1.97. The Bertz CT molecular complexity index is 805. The number of nitrogens with zero attached hydrogens (tertiary/aromatic N) is 2. The summed E-state index contributed by atoms with van der Waals surface area (Å²) in [7, 11) is -0.213. The molecule has 30 heavy (non-hydrogen) atoms. The fourth-order valence-electron chi connectivity index (χ4n) is 3.58. The summed E-state index contributed by atoms with van der Waals surface area (Å²) in [4.78, 5) is 25.8. The normalized spacial score (nSPS) is 15.4. The highest BCUT2D eigenvalue weighted by molar-refractivity contribution is 7.89. The average molecular weight is 439 g/mol. The van der Waals surface area contributed by atoms with Crippen molar-refractivity contribution in [1.82, 2.24) is 14.5 Å². The molecule has 0 atom stereocenters. The molecule has 0 radical (unpaired) electrons. The second-order valence-corrected chi connectivity index (χ2v) is 9.91. The molecule has 0 unspecified atom stereocenters. The molecule has 168 valence electrons. The Morgan fingerprint density at radius 2 is 1.60 bits per heavy atom. The topological polar surface area (TPSA) is 98.8 Å². The van der Waals surface area contributed by atoms with Gasteiger partial charge in [0.25, 0.3) is 0 Å². The minimum Gasteiger partial charge on any atom is -0.355 e. The van der Waals surface area contributed by atoms with Gasteiger partial charge in [0, 0.05) is 25.3 Å². The molecule has 0 aliphatic heterocycles. The Balaban J connectivity index is 1.90. The first kappa shape index (κ1) is 24.3. The van der Waals surface area contributed by atoms with Crippen molar-refractivity contribution in [2.45, 2.75) is 56.4 Å². The van der Waals surface area contributed by atoms with E-state index in [0.717, 1.165) is 38.5 Å². The van der Waals surface area contributed by atoms with Crippen molar-refractivity contribution < 1.29 is 18.0 Å². The van der Waals surface area contributed by atoms with Crippen LogP contribution in [-0.4, -0.2) is 69.2 Å². The van der Waals surface area contributed by atoms with Gasteiger partial charge >= 0.3 is 0 Å². The van der Waals surface area contributed by atoms with Crippen LogP contribution in [0.3, 0.4) is 0 Å². The summed E-state index contributed by atoms with van der Waals surface area (Å²) in [5, 5.41) is 5.51. The third kappa shape index (κ3) is 7.07. The highest BCUT2D eigenvalue weighted by Gasteiger charge is 2.28. The van der Waals surface area contributed by atoms with Gasteiger partial charge in [0.15, 0.2) is 0 Å². The lowest BCUT2D eigenvalue weighted by Gasteiger charge is -2.30. The summed E-state index contributed by atoms with van der Waals surface area (Å²) >= 11 is 0. The third-order valence-electron chi connectivity index (χ3n) is 5.30. The molecule has 1 aromatic rings. The molecule has 0 bridgehead atoms. The predicted molar refractivity (Wildman–Crippen MR) is 118 cm³/mol. The Morgan fingerprint density at radius 3 is 2.20 bits per heavy atom. The van der Waals surface area contributed by atoms with Gasteiger partial charge in [-0.05, 0) is 50.6 Å². The Kier molecular flexibility index (Phi) is 9.26. The van der Waals surface area contributed by atoms with E-state index >= 15 is 0 Å². The van der Waals surface area contributed by atoms with Crippen LogP contribution in [0.4, 0.5) is 5.69 Å². The van der Waals surface area contributed by atoms with Gasteiger partial charge in [-0.15, -0.1) is 0 Å². The molecule has 0 aromatic heterocycles. The molecule has 2 N–H and O–H groups in total. The SMILES string of the molecule is CCCNC(=O)CN(C)CC(=O)Nc1ccc(S(=O)(=O)N(C)C2CCCCC2)cc1. The van der Waals surface area contributed by atoms with Crippen LogP contribution in [0.15, 0.2) is 29.2 Å². The van der Waals surface area contributed by atoms with Gasteiger partial charge in [-0.1, -0.05) is 26.2 Å². The van der Waals surface area contributed by atoms with E-state index in [1.165, 1.54) is 16.4 Å². The van der Waals surface area contributed by atoms with Crippen molar-refractivity contribution in [3.8, 4) is 0 Å². The molecule has 1 aliphatic rings. The highest BCUT2D eigenvalue weighted by atomic mass is 32.2. The predicted octanol–water partition coefficient (Wildman–Crippen LogP) is 2.04. The molecule has 0 spiro atoms. The quantitative estimate of drug-likeness (QED) is 0.582. The summed E-state index contributed by atoms with van der Waals surface area (Å²) in [6.45, 7) is 2.79. The van der Waals surface area contributed by atoms with Gasteiger partial charge in [-0.25, -0.2) is 8.42 Å². The smallest absolute Gasteiger partial charge is 0.243 e. The van der Waals surface area contributed by atoms with Gasteiger partial charge in [0.1, 0.15) is 0 Å². The fourth-order valence-corrected chi connectivity index (χ4v) is 5.00. The van der Waals surface area contributed by atoms with Crippen molar-refractivity contribution in [3.05, 3.63) is 24.3 Å². The third-order valence-corrected chi connectivity index (χ3v) is 7.23. The first-order valence-electron chi connectivity index (χ1n) is 10.6. The summed E-state index contributed by atoms with van der Waals surface area (Å²) in [6.07, 6.45) is 5.94. The van der Waals surface area contributed by atoms with E-state index in [2.05, 4.69) is 10.6 Å². The van der Waals surface area contributed by atoms with E-state index in [9.17, 15) is 18.0 Å². The molecule has 8 nitrogen and oxygen atoms in total. The van der Waals surface area contributed by atoms with Gasteiger partial charge < -0.3 is 10.6 Å². The van der Waals surface area contributed by atoms with Crippen LogP contribution in [0.5, 0.6) is 0 Å². The number of hydrogen-bond donors (Lipinski definition) is 2. The molecule has 1 aromatic carbocycles. The number of carbonyl (C=O) groups is 2. The van der Waals surface area contributed by atoms with Crippen LogP contribution in [0.2, 0.25) is 0 Å². The second-order valence-electron chi connectivity index (χ2n) is 7.91. The molecule has 9 heteroatoms. The number of benzene rings is 1. The fraction of sp³-hybridized carbons (Fsp3) is 0.619. The monoisotopic (exact) mass is 438 g/mol. The van der Waals surface area contributed by atoms with Crippen LogP contribution < -0.4 is 10.6 Å². The van der Waals surface area contributed by atoms with E-state index in [-0.39, 0.29) is 35.8 Å². The summed E-state index contributed by atoms with van der Waals surface area (Å²) < 4.78 is 27.2. The number of nitrogens with one attached hydrogen (secondary N) is 2. The van der Waals surface area contributed by atoms with Crippen molar-refractivity contribution in [1.29, 1.82) is 0 Å². The standard InChI is InChI=1S/C21H34N4O4S/c1-4-14-22-20(26)15-24(2)16-21(27)23-17-10-12-19(13-11-17)30(28,29)25(3)18-8-6-5-7-9-18/h10-13,18H,4-9,14-16H2,1-3H3,(H,22,26)(H,23,27). The molecule has 0 heterocycles. The molecule has 1 aliphatic carbocycles. The maximum Gasteiger partial charge on any atom is 0.243 e. The molecule has 1 saturated carbocycles. The number of amides is 2. The lowest BCUT2D eigenvalue weighted by molar-refractivity contribution is -0.122. The number of hydrogen-bond acceptors (Lipinski definition) is 5. The van der Waals surface area contributed by atoms with E-state index < -0.39 is 10.0 Å². The van der Waals surface area contributed by atoms with Gasteiger partial charge in [0.05, 0.1) is 18.0 Å². The van der Waals surface area contributed by atoms with Crippen LogP contribution in [0, 0.1) is 0 Å². The minimum absolute atomic E-state index is 0.0493. The van der Waals surface area contributed by atoms with E-state index in [1.54, 1.807) is 31.1 Å². The largest absolute Gasteiger partial charge is 0.355 e. The highest BCUT2D eigenvalue weighted by Crippen LogP contribution is 2.26. The lowest BCUT2D eigenvalue weighted by Crippen LogP contribution is -2.39. The second kappa shape index (κ2) is 11.4. The summed E-state index contributed by atoms with van der Waals surface area (Å²) in [5.74, 6) is -0.389. The molecule has 1 fully saturated rings. The van der Waals surface area contributed by atoms with Crippen LogP contribution >= 0.6 is 0 Å². The Labute approximate surface area is 180 Å². The number of carbonyl (C=O) groups excluding carboxylic acids is 2. The van der Waals surface area contributed by atoms with Crippen molar-refractivity contribution in [2.24, 2.45) is 0 Å². The van der Waals surface area contributed by atoms with Crippen LogP contribution in [0.1, 0.15) is 45.4 Å². The maximum atomic E-state index is 12.9. The number of anilines is 1. The van der Waals surface area contributed by atoms with E-state index in [4.69, 9.17) is 0 Å². The zero-order valence-electron chi connectivity index (χ0n) is 18.2. The Morgan fingerprint density at radius 1 is 1.00 bits per heavy atom. The number of sulfonamides is 1. The van der Waals surface area contributed by atoms with Crippen molar-refractivity contribution in [3.63, 3.8) is 0 Å². The zero-order valence-corrected chi connectivity index (χ0v) is 19.0.